The molecule has 0 saturated carbocycles. The molecule has 2 rings (SSSR count). The van der Waals surface area contributed by atoms with E-state index in [1.54, 1.807) is 24.5 Å². The smallest absolute Gasteiger partial charge is 0.141 e. The van der Waals surface area contributed by atoms with Gasteiger partial charge in [-0.1, -0.05) is 0 Å². The number of nitrogens with zero attached hydrogens (tertiary/aromatic N) is 2. The van der Waals surface area contributed by atoms with Crippen LogP contribution < -0.4 is 0 Å². The average Bonchev–Trinajstić information content (AvgIpc) is 2.18. The van der Waals surface area contributed by atoms with Crippen molar-refractivity contribution in [2.75, 3.05) is 0 Å². The number of halogens is 1. The van der Waals surface area contributed by atoms with Crippen molar-refractivity contribution in [1.82, 2.24) is 4.98 Å². The van der Waals surface area contributed by atoms with Crippen LogP contribution in [0, 0.1) is 17.1 Å². The Labute approximate surface area is 74.3 Å². The van der Waals surface area contributed by atoms with E-state index in [0.717, 1.165) is 5.39 Å². The van der Waals surface area contributed by atoms with Crippen LogP contribution >= 0.6 is 0 Å². The number of rotatable bonds is 0. The third-order valence-electron chi connectivity index (χ3n) is 1.88. The lowest BCUT2D eigenvalue weighted by atomic mass is 10.1. The molecule has 0 aliphatic carbocycles. The topological polar surface area (TPSA) is 36.7 Å². The molecule has 1 heterocycles. The predicted octanol–water partition coefficient (Wildman–Crippen LogP) is 2.25. The first-order valence-corrected chi connectivity index (χ1v) is 3.75. The largest absolute Gasteiger partial charge is 0.264 e. The van der Waals surface area contributed by atoms with E-state index in [-0.39, 0.29) is 5.56 Å². The number of pyridine rings is 1. The number of fused-ring (bicyclic) bond motifs is 1. The van der Waals surface area contributed by atoms with E-state index in [9.17, 15) is 4.39 Å². The molecule has 0 radical (unpaired) electrons. The molecule has 2 aromatic rings. The van der Waals surface area contributed by atoms with Gasteiger partial charge in [0.25, 0.3) is 0 Å². The van der Waals surface area contributed by atoms with Crippen molar-refractivity contribution in [2.45, 2.75) is 0 Å². The van der Waals surface area contributed by atoms with Gasteiger partial charge in [0.2, 0.25) is 0 Å². The van der Waals surface area contributed by atoms with Crippen molar-refractivity contribution in [3.05, 3.63) is 42.0 Å². The molecule has 0 atom stereocenters. The van der Waals surface area contributed by atoms with Gasteiger partial charge in [-0.25, -0.2) is 4.39 Å². The van der Waals surface area contributed by atoms with Gasteiger partial charge in [0.1, 0.15) is 11.9 Å². The highest BCUT2D eigenvalue weighted by molar-refractivity contribution is 5.87. The lowest BCUT2D eigenvalue weighted by Gasteiger charge is -1.98. The van der Waals surface area contributed by atoms with Crippen molar-refractivity contribution in [3.63, 3.8) is 0 Å². The number of benzene rings is 1. The monoisotopic (exact) mass is 172 g/mol. The lowest BCUT2D eigenvalue weighted by Crippen LogP contribution is -1.86. The standard InChI is InChI=1S/C10H5FN2/c11-10-2-1-7-6-13-4-3-8(7)9(10)5-12/h1-4,6H. The molecule has 0 N–H and O–H groups in total. The van der Waals surface area contributed by atoms with Gasteiger partial charge in [-0.3, -0.25) is 4.98 Å². The molecule has 2 nitrogen and oxygen atoms in total. The third-order valence-corrected chi connectivity index (χ3v) is 1.88. The fraction of sp³-hybridized carbons (Fsp3) is 0. The molecular weight excluding hydrogens is 167 g/mol. The van der Waals surface area contributed by atoms with E-state index in [1.165, 1.54) is 6.07 Å². The molecule has 0 aliphatic heterocycles. The zero-order chi connectivity index (χ0) is 9.26. The first-order chi connectivity index (χ1) is 6.33. The first-order valence-electron chi connectivity index (χ1n) is 3.75. The zero-order valence-corrected chi connectivity index (χ0v) is 6.66. The summed E-state index contributed by atoms with van der Waals surface area (Å²) in [6, 6.07) is 6.36. The van der Waals surface area contributed by atoms with E-state index < -0.39 is 5.82 Å². The summed E-state index contributed by atoms with van der Waals surface area (Å²) in [7, 11) is 0. The highest BCUT2D eigenvalue weighted by Gasteiger charge is 2.05. The summed E-state index contributed by atoms with van der Waals surface area (Å²) in [6.07, 6.45) is 3.15. The minimum Gasteiger partial charge on any atom is -0.264 e. The molecule has 0 aliphatic rings. The minimum atomic E-state index is -0.485. The molecule has 0 fully saturated rings. The van der Waals surface area contributed by atoms with E-state index >= 15 is 0 Å². The molecule has 0 bridgehead atoms. The molecule has 13 heavy (non-hydrogen) atoms. The van der Waals surface area contributed by atoms with Crippen LogP contribution in [0.25, 0.3) is 10.8 Å². The normalized spacial score (nSPS) is 9.85. The van der Waals surface area contributed by atoms with Crippen molar-refractivity contribution >= 4 is 10.8 Å². The average molecular weight is 172 g/mol. The second kappa shape index (κ2) is 2.83. The summed E-state index contributed by atoms with van der Waals surface area (Å²) in [5, 5.41) is 10.1. The summed E-state index contributed by atoms with van der Waals surface area (Å²) >= 11 is 0. The molecule has 0 unspecified atom stereocenters. The van der Waals surface area contributed by atoms with Gasteiger partial charge in [0, 0.05) is 23.2 Å². The van der Waals surface area contributed by atoms with Crippen molar-refractivity contribution in [3.8, 4) is 6.07 Å². The maximum Gasteiger partial charge on any atom is 0.141 e. The molecule has 1 aromatic carbocycles. The SMILES string of the molecule is N#Cc1c(F)ccc2cnccc12. The zero-order valence-electron chi connectivity index (χ0n) is 6.66. The Balaban J connectivity index is 2.94. The molecule has 0 amide bonds. The number of aromatic nitrogens is 1. The van der Waals surface area contributed by atoms with Crippen molar-refractivity contribution < 1.29 is 4.39 Å². The second-order valence-electron chi connectivity index (χ2n) is 2.63. The quantitative estimate of drug-likeness (QED) is 0.611. The van der Waals surface area contributed by atoms with Gasteiger partial charge in [-0.2, -0.15) is 5.26 Å². The maximum atomic E-state index is 13.1. The summed E-state index contributed by atoms with van der Waals surface area (Å²) < 4.78 is 13.1. The Bertz CT molecular complexity index is 500. The van der Waals surface area contributed by atoms with Gasteiger partial charge in [-0.05, 0) is 18.2 Å². The van der Waals surface area contributed by atoms with Crippen LogP contribution in [0.4, 0.5) is 4.39 Å². The van der Waals surface area contributed by atoms with Crippen LogP contribution in [-0.2, 0) is 0 Å². The van der Waals surface area contributed by atoms with E-state index in [0.29, 0.717) is 5.39 Å². The van der Waals surface area contributed by atoms with E-state index in [4.69, 9.17) is 5.26 Å². The molecule has 1 aromatic heterocycles. The van der Waals surface area contributed by atoms with Gasteiger partial charge in [0.05, 0.1) is 5.56 Å². The van der Waals surface area contributed by atoms with E-state index in [1.807, 2.05) is 6.07 Å². The Morgan fingerprint density at radius 3 is 2.92 bits per heavy atom. The number of hydrogen-bond donors (Lipinski definition) is 0. The minimum absolute atomic E-state index is 0.0832. The predicted molar refractivity (Wildman–Crippen MR) is 46.4 cm³/mol. The number of hydrogen-bond acceptors (Lipinski definition) is 2. The van der Waals surface area contributed by atoms with Crippen molar-refractivity contribution in [1.29, 1.82) is 5.26 Å². The Hall–Kier alpha value is -1.95. The summed E-state index contributed by atoms with van der Waals surface area (Å²) in [5.74, 6) is -0.485. The summed E-state index contributed by atoms with van der Waals surface area (Å²) in [4.78, 5) is 3.89. The maximum absolute atomic E-state index is 13.1. The highest BCUT2D eigenvalue weighted by atomic mass is 19.1. The van der Waals surface area contributed by atoms with Crippen LogP contribution in [0.3, 0.4) is 0 Å². The van der Waals surface area contributed by atoms with Crippen LogP contribution in [0.5, 0.6) is 0 Å². The van der Waals surface area contributed by atoms with Crippen molar-refractivity contribution in [2.24, 2.45) is 0 Å². The Kier molecular flexibility index (Phi) is 1.67. The second-order valence-corrected chi connectivity index (χ2v) is 2.63. The lowest BCUT2D eigenvalue weighted by molar-refractivity contribution is 0.626. The van der Waals surface area contributed by atoms with Gasteiger partial charge in [0.15, 0.2) is 0 Å². The molecule has 0 spiro atoms. The molecular formula is C10H5FN2. The van der Waals surface area contributed by atoms with Crippen LogP contribution in [-0.4, -0.2) is 4.98 Å². The molecule has 3 heteroatoms. The molecule has 62 valence electrons. The third kappa shape index (κ3) is 1.13. The Morgan fingerprint density at radius 1 is 1.31 bits per heavy atom. The van der Waals surface area contributed by atoms with Crippen LogP contribution in [0.1, 0.15) is 5.56 Å². The summed E-state index contributed by atoms with van der Waals surface area (Å²) in [5.41, 5.74) is 0.0832. The van der Waals surface area contributed by atoms with Gasteiger partial charge in [-0.15, -0.1) is 0 Å². The summed E-state index contributed by atoms with van der Waals surface area (Å²) in [6.45, 7) is 0. The number of nitriles is 1. The molecule has 0 saturated heterocycles. The van der Waals surface area contributed by atoms with Gasteiger partial charge < -0.3 is 0 Å². The van der Waals surface area contributed by atoms with Gasteiger partial charge >= 0.3 is 0 Å². The fourth-order valence-electron chi connectivity index (χ4n) is 1.26. The van der Waals surface area contributed by atoms with E-state index in [2.05, 4.69) is 4.98 Å². The highest BCUT2D eigenvalue weighted by Crippen LogP contribution is 2.19. The Morgan fingerprint density at radius 2 is 2.15 bits per heavy atom. The fourth-order valence-corrected chi connectivity index (χ4v) is 1.26. The van der Waals surface area contributed by atoms with Crippen LogP contribution in [0.15, 0.2) is 30.6 Å². The first kappa shape index (κ1) is 7.69. The van der Waals surface area contributed by atoms with Crippen LogP contribution in [0.2, 0.25) is 0 Å².